The number of ether oxygens (including phenoxy) is 1. The van der Waals surface area contributed by atoms with E-state index in [0.29, 0.717) is 11.3 Å². The van der Waals surface area contributed by atoms with E-state index >= 15 is 0 Å². The standard InChI is InChI=1S/C18H20FNO2/c1-13(14-8-5-4-6-9-14)22-17(21)12-15-10-7-11-16(18(15)19)20(2)3/h4-11,13H,12H2,1-3H3/t13-/m0/s1. The third kappa shape index (κ3) is 3.85. The number of nitrogens with zero attached hydrogens (tertiary/aromatic N) is 1. The summed E-state index contributed by atoms with van der Waals surface area (Å²) in [5.74, 6) is -0.817. The van der Waals surface area contributed by atoms with E-state index in [1.54, 1.807) is 44.1 Å². The monoisotopic (exact) mass is 301 g/mol. The van der Waals surface area contributed by atoms with Crippen LogP contribution in [-0.2, 0) is 16.0 Å². The molecule has 0 N–H and O–H groups in total. The summed E-state index contributed by atoms with van der Waals surface area (Å²) < 4.78 is 19.7. The Morgan fingerprint density at radius 1 is 1.14 bits per heavy atom. The first-order valence-electron chi connectivity index (χ1n) is 7.18. The van der Waals surface area contributed by atoms with Crippen LogP contribution in [0.15, 0.2) is 48.5 Å². The van der Waals surface area contributed by atoms with Crippen molar-refractivity contribution in [2.45, 2.75) is 19.4 Å². The normalized spacial score (nSPS) is 11.8. The largest absolute Gasteiger partial charge is 0.458 e. The third-order valence-corrected chi connectivity index (χ3v) is 3.45. The molecule has 0 saturated heterocycles. The summed E-state index contributed by atoms with van der Waals surface area (Å²) in [6, 6.07) is 14.5. The van der Waals surface area contributed by atoms with Crippen molar-refractivity contribution in [3.63, 3.8) is 0 Å². The molecule has 2 aromatic rings. The molecule has 0 radical (unpaired) electrons. The third-order valence-electron chi connectivity index (χ3n) is 3.45. The first-order valence-corrected chi connectivity index (χ1v) is 7.18. The van der Waals surface area contributed by atoms with E-state index in [0.717, 1.165) is 5.56 Å². The number of anilines is 1. The van der Waals surface area contributed by atoms with Crippen molar-refractivity contribution < 1.29 is 13.9 Å². The Morgan fingerprint density at radius 2 is 1.82 bits per heavy atom. The molecule has 0 fully saturated rings. The van der Waals surface area contributed by atoms with Crippen LogP contribution in [0.2, 0.25) is 0 Å². The minimum atomic E-state index is -0.439. The van der Waals surface area contributed by atoms with Crippen molar-refractivity contribution in [1.82, 2.24) is 0 Å². The molecule has 4 heteroatoms. The van der Waals surface area contributed by atoms with Gasteiger partial charge in [0, 0.05) is 19.7 Å². The minimum absolute atomic E-state index is 0.0787. The fraction of sp³-hybridized carbons (Fsp3) is 0.278. The van der Waals surface area contributed by atoms with E-state index in [9.17, 15) is 9.18 Å². The molecule has 3 nitrogen and oxygen atoms in total. The maximum absolute atomic E-state index is 14.3. The van der Waals surface area contributed by atoms with Crippen LogP contribution >= 0.6 is 0 Å². The lowest BCUT2D eigenvalue weighted by molar-refractivity contribution is -0.147. The molecule has 0 aliphatic carbocycles. The SMILES string of the molecule is C[C@H](OC(=O)Cc1cccc(N(C)C)c1F)c1ccccc1. The van der Waals surface area contributed by atoms with Gasteiger partial charge in [0.1, 0.15) is 11.9 Å². The molecule has 0 heterocycles. The van der Waals surface area contributed by atoms with Crippen molar-refractivity contribution >= 4 is 11.7 Å². The Bertz CT molecular complexity index is 641. The first kappa shape index (κ1) is 16.0. The number of carbonyl (C=O) groups is 1. The van der Waals surface area contributed by atoms with Gasteiger partial charge in [-0.3, -0.25) is 4.79 Å². The fourth-order valence-corrected chi connectivity index (χ4v) is 2.23. The highest BCUT2D eigenvalue weighted by atomic mass is 19.1. The molecular formula is C18H20FNO2. The quantitative estimate of drug-likeness (QED) is 0.788. The van der Waals surface area contributed by atoms with Crippen LogP contribution < -0.4 is 4.90 Å². The number of hydrogen-bond donors (Lipinski definition) is 0. The van der Waals surface area contributed by atoms with Crippen molar-refractivity contribution in [1.29, 1.82) is 0 Å². The fourth-order valence-electron chi connectivity index (χ4n) is 2.23. The second-order valence-corrected chi connectivity index (χ2v) is 5.36. The number of rotatable bonds is 5. The van der Waals surface area contributed by atoms with Gasteiger partial charge in [-0.25, -0.2) is 4.39 Å². The zero-order valence-corrected chi connectivity index (χ0v) is 13.0. The van der Waals surface area contributed by atoms with Crippen molar-refractivity contribution in [3.05, 3.63) is 65.5 Å². The number of hydrogen-bond acceptors (Lipinski definition) is 3. The first-order chi connectivity index (χ1) is 10.5. The van der Waals surface area contributed by atoms with E-state index in [1.807, 2.05) is 30.3 Å². The van der Waals surface area contributed by atoms with Crippen LogP contribution in [0, 0.1) is 5.82 Å². The zero-order valence-electron chi connectivity index (χ0n) is 13.0. The maximum Gasteiger partial charge on any atom is 0.310 e. The van der Waals surface area contributed by atoms with E-state index in [-0.39, 0.29) is 18.3 Å². The molecule has 0 spiro atoms. The van der Waals surface area contributed by atoms with Crippen molar-refractivity contribution in [2.75, 3.05) is 19.0 Å². The van der Waals surface area contributed by atoms with Gasteiger partial charge in [0.15, 0.2) is 0 Å². The Labute approximate surface area is 130 Å². The predicted molar refractivity (Wildman–Crippen MR) is 85.4 cm³/mol. The topological polar surface area (TPSA) is 29.5 Å². The van der Waals surface area contributed by atoms with E-state index in [4.69, 9.17) is 4.74 Å². The van der Waals surface area contributed by atoms with Crippen LogP contribution in [0.1, 0.15) is 24.2 Å². The van der Waals surface area contributed by atoms with Gasteiger partial charge < -0.3 is 9.64 Å². The molecule has 2 aromatic carbocycles. The highest BCUT2D eigenvalue weighted by Crippen LogP contribution is 2.22. The van der Waals surface area contributed by atoms with Gasteiger partial charge in [0.05, 0.1) is 12.1 Å². The molecule has 0 aliphatic rings. The Kier molecular flexibility index (Phi) is 5.15. The highest BCUT2D eigenvalue weighted by Gasteiger charge is 2.16. The van der Waals surface area contributed by atoms with Gasteiger partial charge in [-0.05, 0) is 18.6 Å². The summed E-state index contributed by atoms with van der Waals surface area (Å²) in [4.78, 5) is 13.7. The molecule has 0 amide bonds. The molecule has 0 aliphatic heterocycles. The summed E-state index contributed by atoms with van der Waals surface area (Å²) >= 11 is 0. The number of esters is 1. The summed E-state index contributed by atoms with van der Waals surface area (Å²) in [5.41, 5.74) is 1.72. The van der Waals surface area contributed by atoms with E-state index < -0.39 is 5.97 Å². The molecule has 116 valence electrons. The number of carbonyl (C=O) groups excluding carboxylic acids is 1. The van der Waals surface area contributed by atoms with E-state index in [1.165, 1.54) is 0 Å². The lowest BCUT2D eigenvalue weighted by Crippen LogP contribution is -2.15. The molecule has 2 rings (SSSR count). The second kappa shape index (κ2) is 7.07. The Morgan fingerprint density at radius 3 is 2.45 bits per heavy atom. The Hall–Kier alpha value is -2.36. The van der Waals surface area contributed by atoms with Gasteiger partial charge in [0.25, 0.3) is 0 Å². The molecule has 0 saturated carbocycles. The van der Waals surface area contributed by atoms with Crippen LogP contribution in [0.25, 0.3) is 0 Å². The molecular weight excluding hydrogens is 281 g/mol. The van der Waals surface area contributed by atoms with Crippen molar-refractivity contribution in [2.24, 2.45) is 0 Å². The van der Waals surface area contributed by atoms with Crippen LogP contribution in [0.3, 0.4) is 0 Å². The smallest absolute Gasteiger partial charge is 0.310 e. The molecule has 1 atom stereocenters. The van der Waals surface area contributed by atoms with Crippen LogP contribution in [0.4, 0.5) is 10.1 Å². The zero-order chi connectivity index (χ0) is 16.1. The molecule has 22 heavy (non-hydrogen) atoms. The van der Waals surface area contributed by atoms with Gasteiger partial charge in [0.2, 0.25) is 0 Å². The van der Waals surface area contributed by atoms with Gasteiger partial charge in [-0.2, -0.15) is 0 Å². The average Bonchev–Trinajstić information content (AvgIpc) is 2.50. The van der Waals surface area contributed by atoms with Gasteiger partial charge >= 0.3 is 5.97 Å². The summed E-state index contributed by atoms with van der Waals surface area (Å²) in [6.45, 7) is 1.81. The second-order valence-electron chi connectivity index (χ2n) is 5.36. The Balaban J connectivity index is 2.05. The number of benzene rings is 2. The van der Waals surface area contributed by atoms with E-state index in [2.05, 4.69) is 0 Å². The predicted octanol–water partition coefficient (Wildman–Crippen LogP) is 3.74. The maximum atomic E-state index is 14.3. The molecule has 0 aromatic heterocycles. The molecule has 0 unspecified atom stereocenters. The van der Waals surface area contributed by atoms with Crippen LogP contribution in [0.5, 0.6) is 0 Å². The lowest BCUT2D eigenvalue weighted by atomic mass is 10.1. The summed E-state index contributed by atoms with van der Waals surface area (Å²) in [5, 5.41) is 0. The van der Waals surface area contributed by atoms with Gasteiger partial charge in [-0.1, -0.05) is 42.5 Å². The molecule has 0 bridgehead atoms. The van der Waals surface area contributed by atoms with Gasteiger partial charge in [-0.15, -0.1) is 0 Å². The van der Waals surface area contributed by atoms with Crippen molar-refractivity contribution in [3.8, 4) is 0 Å². The summed E-state index contributed by atoms with van der Waals surface area (Å²) in [7, 11) is 3.52. The van der Waals surface area contributed by atoms with Crippen LogP contribution in [-0.4, -0.2) is 20.1 Å². The summed E-state index contributed by atoms with van der Waals surface area (Å²) in [6.07, 6.45) is -0.432. The lowest BCUT2D eigenvalue weighted by Gasteiger charge is -2.16. The number of halogens is 1. The average molecular weight is 301 g/mol. The highest BCUT2D eigenvalue weighted by molar-refractivity contribution is 5.73. The minimum Gasteiger partial charge on any atom is -0.458 e.